The number of carbonyl (C=O) groups excluding carboxylic acids is 1. The Morgan fingerprint density at radius 2 is 2.22 bits per heavy atom. The van der Waals surface area contributed by atoms with Crippen LogP contribution in [0.4, 0.5) is 0 Å². The summed E-state index contributed by atoms with van der Waals surface area (Å²) in [6.07, 6.45) is 3.71. The van der Waals surface area contributed by atoms with Crippen molar-refractivity contribution in [3.63, 3.8) is 0 Å². The number of hydrogen-bond acceptors (Lipinski definition) is 3. The standard InChI is InChI=1S/C13H24N4O/c1-5-10(2)15-13(18)11(3)14-8-6-12-7-9-17(4)16-12/h7,9-11,14H,5-6,8H2,1-4H3,(H,15,18). The predicted molar refractivity (Wildman–Crippen MR) is 72.3 cm³/mol. The van der Waals surface area contributed by atoms with Gasteiger partial charge in [0.15, 0.2) is 0 Å². The van der Waals surface area contributed by atoms with E-state index < -0.39 is 0 Å². The van der Waals surface area contributed by atoms with E-state index in [9.17, 15) is 4.79 Å². The lowest BCUT2D eigenvalue weighted by molar-refractivity contribution is -0.123. The second-order valence-corrected chi connectivity index (χ2v) is 4.72. The van der Waals surface area contributed by atoms with Crippen LogP contribution in [0.3, 0.4) is 0 Å². The Balaban J connectivity index is 2.24. The molecule has 102 valence electrons. The topological polar surface area (TPSA) is 59.0 Å². The quantitative estimate of drug-likeness (QED) is 0.756. The van der Waals surface area contributed by atoms with Gasteiger partial charge in [0.1, 0.15) is 0 Å². The maximum atomic E-state index is 11.8. The van der Waals surface area contributed by atoms with E-state index in [2.05, 4.69) is 22.7 Å². The molecule has 2 atom stereocenters. The van der Waals surface area contributed by atoms with Gasteiger partial charge in [-0.25, -0.2) is 0 Å². The zero-order valence-electron chi connectivity index (χ0n) is 11.7. The second-order valence-electron chi connectivity index (χ2n) is 4.72. The normalized spacial score (nSPS) is 14.2. The number of aromatic nitrogens is 2. The Labute approximate surface area is 109 Å². The van der Waals surface area contributed by atoms with Crippen molar-refractivity contribution in [1.82, 2.24) is 20.4 Å². The monoisotopic (exact) mass is 252 g/mol. The summed E-state index contributed by atoms with van der Waals surface area (Å²) in [7, 11) is 1.90. The van der Waals surface area contributed by atoms with Gasteiger partial charge in [-0.2, -0.15) is 5.10 Å². The van der Waals surface area contributed by atoms with Crippen molar-refractivity contribution in [2.24, 2.45) is 7.05 Å². The van der Waals surface area contributed by atoms with E-state index in [1.54, 1.807) is 4.68 Å². The Hall–Kier alpha value is -1.36. The first-order chi connectivity index (χ1) is 8.52. The highest BCUT2D eigenvalue weighted by molar-refractivity contribution is 5.81. The minimum absolute atomic E-state index is 0.0605. The largest absolute Gasteiger partial charge is 0.352 e. The molecule has 0 spiro atoms. The molecular formula is C13H24N4O. The van der Waals surface area contributed by atoms with E-state index in [0.29, 0.717) is 0 Å². The molecule has 1 rings (SSSR count). The smallest absolute Gasteiger partial charge is 0.237 e. The van der Waals surface area contributed by atoms with E-state index in [4.69, 9.17) is 0 Å². The highest BCUT2D eigenvalue weighted by Crippen LogP contribution is 1.95. The maximum absolute atomic E-state index is 11.8. The summed E-state index contributed by atoms with van der Waals surface area (Å²) in [6, 6.07) is 2.06. The number of amides is 1. The van der Waals surface area contributed by atoms with Crippen LogP contribution in [-0.2, 0) is 18.3 Å². The van der Waals surface area contributed by atoms with E-state index in [1.165, 1.54) is 0 Å². The molecule has 2 N–H and O–H groups in total. The van der Waals surface area contributed by atoms with Crippen molar-refractivity contribution in [3.8, 4) is 0 Å². The second kappa shape index (κ2) is 7.16. The number of nitrogens with zero attached hydrogens (tertiary/aromatic N) is 2. The first-order valence-electron chi connectivity index (χ1n) is 6.55. The van der Waals surface area contributed by atoms with Crippen LogP contribution in [0.15, 0.2) is 12.3 Å². The highest BCUT2D eigenvalue weighted by Gasteiger charge is 2.13. The Bertz CT molecular complexity index is 375. The summed E-state index contributed by atoms with van der Waals surface area (Å²) >= 11 is 0. The van der Waals surface area contributed by atoms with Crippen LogP contribution in [0.2, 0.25) is 0 Å². The van der Waals surface area contributed by atoms with Gasteiger partial charge in [-0.05, 0) is 26.3 Å². The Morgan fingerprint density at radius 3 is 2.78 bits per heavy atom. The lowest BCUT2D eigenvalue weighted by Gasteiger charge is -2.17. The molecule has 5 heteroatoms. The van der Waals surface area contributed by atoms with Gasteiger partial charge in [0.05, 0.1) is 11.7 Å². The molecule has 0 aliphatic heterocycles. The van der Waals surface area contributed by atoms with Crippen molar-refractivity contribution in [2.45, 2.75) is 45.7 Å². The maximum Gasteiger partial charge on any atom is 0.237 e. The van der Waals surface area contributed by atoms with Crippen LogP contribution in [0, 0.1) is 0 Å². The minimum Gasteiger partial charge on any atom is -0.352 e. The first-order valence-corrected chi connectivity index (χ1v) is 6.55. The van der Waals surface area contributed by atoms with Crippen LogP contribution < -0.4 is 10.6 Å². The zero-order chi connectivity index (χ0) is 13.5. The van der Waals surface area contributed by atoms with E-state index >= 15 is 0 Å². The summed E-state index contributed by atoms with van der Waals surface area (Å²) < 4.78 is 1.79. The Morgan fingerprint density at radius 1 is 1.50 bits per heavy atom. The third kappa shape index (κ3) is 4.87. The zero-order valence-corrected chi connectivity index (χ0v) is 11.7. The van der Waals surface area contributed by atoms with E-state index in [-0.39, 0.29) is 18.0 Å². The van der Waals surface area contributed by atoms with Crippen molar-refractivity contribution in [1.29, 1.82) is 0 Å². The molecule has 5 nitrogen and oxygen atoms in total. The first kappa shape index (κ1) is 14.7. The van der Waals surface area contributed by atoms with Crippen molar-refractivity contribution < 1.29 is 4.79 Å². The SMILES string of the molecule is CCC(C)NC(=O)C(C)NCCc1ccn(C)n1. The molecule has 0 bridgehead atoms. The molecule has 2 unspecified atom stereocenters. The van der Waals surface area contributed by atoms with Crippen LogP contribution in [0.5, 0.6) is 0 Å². The predicted octanol–water partition coefficient (Wildman–Crippen LogP) is 0.855. The van der Waals surface area contributed by atoms with Crippen molar-refractivity contribution in [2.75, 3.05) is 6.54 Å². The molecule has 1 aromatic heterocycles. The average molecular weight is 252 g/mol. The number of carbonyl (C=O) groups is 1. The van der Waals surface area contributed by atoms with Crippen molar-refractivity contribution in [3.05, 3.63) is 18.0 Å². The third-order valence-corrected chi connectivity index (χ3v) is 2.99. The van der Waals surface area contributed by atoms with Gasteiger partial charge in [-0.3, -0.25) is 9.48 Å². The molecule has 1 aromatic rings. The van der Waals surface area contributed by atoms with E-state index in [0.717, 1.165) is 25.1 Å². The third-order valence-electron chi connectivity index (χ3n) is 2.99. The van der Waals surface area contributed by atoms with Gasteiger partial charge >= 0.3 is 0 Å². The number of hydrogen-bond donors (Lipinski definition) is 2. The fraction of sp³-hybridized carbons (Fsp3) is 0.692. The molecular weight excluding hydrogens is 228 g/mol. The summed E-state index contributed by atoms with van der Waals surface area (Å²) in [5, 5.41) is 10.5. The van der Waals surface area contributed by atoms with Crippen LogP contribution in [-0.4, -0.2) is 34.3 Å². The van der Waals surface area contributed by atoms with Crippen LogP contribution in [0.25, 0.3) is 0 Å². The number of nitrogens with one attached hydrogen (secondary N) is 2. The van der Waals surface area contributed by atoms with Crippen LogP contribution >= 0.6 is 0 Å². The van der Waals surface area contributed by atoms with E-state index in [1.807, 2.05) is 33.2 Å². The lowest BCUT2D eigenvalue weighted by atomic mass is 10.2. The number of aryl methyl sites for hydroxylation is 1. The fourth-order valence-electron chi connectivity index (χ4n) is 1.58. The van der Waals surface area contributed by atoms with Crippen molar-refractivity contribution >= 4 is 5.91 Å². The van der Waals surface area contributed by atoms with Gasteiger partial charge in [-0.15, -0.1) is 0 Å². The summed E-state index contributed by atoms with van der Waals surface area (Å²) in [5.41, 5.74) is 1.04. The molecule has 18 heavy (non-hydrogen) atoms. The number of rotatable bonds is 7. The molecule has 0 fully saturated rings. The lowest BCUT2D eigenvalue weighted by Crippen LogP contribution is -2.45. The van der Waals surface area contributed by atoms with Gasteiger partial charge in [-0.1, -0.05) is 6.92 Å². The van der Waals surface area contributed by atoms with Gasteiger partial charge in [0.2, 0.25) is 5.91 Å². The molecule has 0 aromatic carbocycles. The highest BCUT2D eigenvalue weighted by atomic mass is 16.2. The summed E-state index contributed by atoms with van der Waals surface area (Å²) in [4.78, 5) is 11.8. The average Bonchev–Trinajstić information content (AvgIpc) is 2.74. The summed E-state index contributed by atoms with van der Waals surface area (Å²) in [6.45, 7) is 6.71. The molecule has 0 aliphatic carbocycles. The molecule has 0 radical (unpaired) electrons. The van der Waals surface area contributed by atoms with Gasteiger partial charge in [0, 0.05) is 32.3 Å². The molecule has 0 aliphatic rings. The van der Waals surface area contributed by atoms with Crippen LogP contribution in [0.1, 0.15) is 32.9 Å². The van der Waals surface area contributed by atoms with Gasteiger partial charge < -0.3 is 10.6 Å². The molecule has 1 amide bonds. The fourth-order valence-corrected chi connectivity index (χ4v) is 1.58. The molecule has 0 saturated heterocycles. The molecule has 0 saturated carbocycles. The van der Waals surface area contributed by atoms with Gasteiger partial charge in [0.25, 0.3) is 0 Å². The summed E-state index contributed by atoms with van der Waals surface area (Å²) in [5.74, 6) is 0.0605. The molecule has 1 heterocycles. The minimum atomic E-state index is -0.164. The Kier molecular flexibility index (Phi) is 5.85.